The first kappa shape index (κ1) is 19.5. The molecule has 1 atom stereocenters. The Labute approximate surface area is 141 Å². The van der Waals surface area contributed by atoms with Gasteiger partial charge in [-0.2, -0.15) is 17.6 Å². The molecular weight excluding hydrogens is 346 g/mol. The maximum absolute atomic E-state index is 13.2. The fourth-order valence-corrected chi connectivity index (χ4v) is 2.63. The second-order valence-corrected chi connectivity index (χ2v) is 5.99. The number of hydrogen-bond acceptors (Lipinski definition) is 4. The number of ether oxygens (including phenoxy) is 1. The van der Waals surface area contributed by atoms with Gasteiger partial charge in [0.05, 0.1) is 17.8 Å². The molecule has 140 valence electrons. The number of amides is 1. The normalized spacial score (nSPS) is 22.0. The Morgan fingerprint density at radius 3 is 2.60 bits per heavy atom. The molecule has 2 rings (SSSR count). The van der Waals surface area contributed by atoms with Gasteiger partial charge in [-0.05, 0) is 31.4 Å². The van der Waals surface area contributed by atoms with Crippen LogP contribution in [0.2, 0.25) is 0 Å². The number of hydrogen-bond donors (Lipinski definition) is 2. The molecule has 1 aliphatic rings. The number of alkyl halides is 4. The molecule has 1 heterocycles. The Balaban J connectivity index is 2.20. The van der Waals surface area contributed by atoms with Crippen molar-refractivity contribution in [2.75, 3.05) is 19.7 Å². The van der Waals surface area contributed by atoms with Crippen LogP contribution in [0.4, 0.5) is 17.6 Å². The molecular formula is C16H19F4NO4. The molecule has 2 N–H and O–H groups in total. The largest absolute Gasteiger partial charge is 0.461 e. The Morgan fingerprint density at radius 2 is 1.96 bits per heavy atom. The van der Waals surface area contributed by atoms with Crippen LogP contribution in [-0.2, 0) is 0 Å². The van der Waals surface area contributed by atoms with E-state index in [4.69, 9.17) is 0 Å². The Morgan fingerprint density at radius 1 is 1.28 bits per heavy atom. The van der Waals surface area contributed by atoms with Gasteiger partial charge in [0.2, 0.25) is 0 Å². The van der Waals surface area contributed by atoms with Crippen molar-refractivity contribution in [3.05, 3.63) is 29.8 Å². The van der Waals surface area contributed by atoms with Crippen LogP contribution in [0.15, 0.2) is 24.3 Å². The van der Waals surface area contributed by atoms with Gasteiger partial charge in [0.25, 0.3) is 5.91 Å². The van der Waals surface area contributed by atoms with E-state index in [1.165, 1.54) is 23.1 Å². The minimum Gasteiger partial charge on any atom is -0.427 e. The fourth-order valence-electron chi connectivity index (χ4n) is 2.63. The molecule has 9 heteroatoms. The van der Waals surface area contributed by atoms with Crippen LogP contribution in [0.25, 0.3) is 0 Å². The number of aliphatic hydroxyl groups is 2. The van der Waals surface area contributed by atoms with Crippen LogP contribution in [0, 0.1) is 0 Å². The van der Waals surface area contributed by atoms with Crippen molar-refractivity contribution >= 4 is 5.91 Å². The number of carbonyl (C=O) groups excluding carboxylic acids is 1. The first-order valence-electron chi connectivity index (χ1n) is 7.75. The van der Waals surface area contributed by atoms with Crippen molar-refractivity contribution in [2.24, 2.45) is 0 Å². The van der Waals surface area contributed by atoms with Crippen molar-refractivity contribution in [1.82, 2.24) is 4.90 Å². The molecule has 0 bridgehead atoms. The van der Waals surface area contributed by atoms with E-state index in [2.05, 4.69) is 4.74 Å². The van der Waals surface area contributed by atoms with E-state index in [0.717, 1.165) is 6.07 Å². The molecule has 0 spiro atoms. The van der Waals surface area contributed by atoms with Crippen molar-refractivity contribution in [3.63, 3.8) is 0 Å². The summed E-state index contributed by atoms with van der Waals surface area (Å²) in [5.41, 5.74) is -1.56. The average Bonchev–Trinajstić information content (AvgIpc) is 2.77. The number of rotatable bonds is 5. The zero-order chi connectivity index (χ0) is 18.7. The second kappa shape index (κ2) is 7.57. The van der Waals surface area contributed by atoms with Crippen molar-refractivity contribution < 1.29 is 37.3 Å². The molecule has 25 heavy (non-hydrogen) atoms. The van der Waals surface area contributed by atoms with Gasteiger partial charge < -0.3 is 19.8 Å². The fraction of sp³-hybridized carbons (Fsp3) is 0.562. The van der Waals surface area contributed by atoms with Gasteiger partial charge in [0, 0.05) is 13.1 Å². The van der Waals surface area contributed by atoms with Gasteiger partial charge in [0.1, 0.15) is 5.75 Å². The van der Waals surface area contributed by atoms with E-state index in [9.17, 15) is 32.6 Å². The highest BCUT2D eigenvalue weighted by Crippen LogP contribution is 2.31. The summed E-state index contributed by atoms with van der Waals surface area (Å²) in [7, 11) is 0. The van der Waals surface area contributed by atoms with Crippen LogP contribution in [0.1, 0.15) is 29.6 Å². The third-order valence-corrected chi connectivity index (χ3v) is 4.12. The molecule has 0 aromatic heterocycles. The summed E-state index contributed by atoms with van der Waals surface area (Å²) in [5, 5.41) is 19.3. The monoisotopic (exact) mass is 365 g/mol. The molecule has 1 unspecified atom stereocenters. The van der Waals surface area contributed by atoms with Gasteiger partial charge in [-0.3, -0.25) is 4.79 Å². The topological polar surface area (TPSA) is 70.0 Å². The summed E-state index contributed by atoms with van der Waals surface area (Å²) in [6.07, 6.45) is -7.94. The number of nitrogens with zero attached hydrogens (tertiary/aromatic N) is 1. The van der Waals surface area contributed by atoms with Crippen LogP contribution >= 0.6 is 0 Å². The molecule has 1 saturated heterocycles. The summed E-state index contributed by atoms with van der Waals surface area (Å²) in [5.74, 6) is -1.30. The first-order valence-corrected chi connectivity index (χ1v) is 7.75. The van der Waals surface area contributed by atoms with Gasteiger partial charge >= 0.3 is 12.5 Å². The third-order valence-electron chi connectivity index (χ3n) is 4.12. The van der Waals surface area contributed by atoms with Crippen LogP contribution in [0.3, 0.4) is 0 Å². The Bertz CT molecular complexity index is 614. The number of likely N-dealkylation sites (tertiary alicyclic amines) is 1. The Kier molecular flexibility index (Phi) is 5.89. The van der Waals surface area contributed by atoms with Crippen LogP contribution < -0.4 is 4.74 Å². The Hall–Kier alpha value is -1.87. The van der Waals surface area contributed by atoms with Crippen LogP contribution in [-0.4, -0.2) is 58.9 Å². The van der Waals surface area contributed by atoms with Gasteiger partial charge in [-0.15, -0.1) is 0 Å². The average molecular weight is 365 g/mol. The zero-order valence-corrected chi connectivity index (χ0v) is 13.3. The molecule has 1 amide bonds. The van der Waals surface area contributed by atoms with E-state index in [1.54, 1.807) is 0 Å². The lowest BCUT2D eigenvalue weighted by Gasteiger charge is -2.25. The van der Waals surface area contributed by atoms with Gasteiger partial charge in [-0.25, -0.2) is 0 Å². The number of aliphatic hydroxyl groups excluding tert-OH is 1. The summed E-state index contributed by atoms with van der Waals surface area (Å²) >= 11 is 0. The standard InChI is InChI=1S/C16H19F4NO4/c17-14(18)16(19,20)25-12-5-2-1-4-11(12)13(23)21-8-3-6-15(24,10-22)7-9-21/h1-2,4-5,14,22,24H,3,6-10H2. The molecule has 0 saturated carbocycles. The molecule has 5 nitrogen and oxygen atoms in total. The smallest absolute Gasteiger partial charge is 0.427 e. The minimum absolute atomic E-state index is 0.0927. The number of benzene rings is 1. The number of para-hydroxylation sites is 1. The maximum atomic E-state index is 13.2. The van der Waals surface area contributed by atoms with Crippen LogP contribution in [0.5, 0.6) is 5.75 Å². The zero-order valence-electron chi connectivity index (χ0n) is 13.3. The number of halogens is 4. The lowest BCUT2D eigenvalue weighted by atomic mass is 9.96. The molecule has 1 aromatic rings. The highest BCUT2D eigenvalue weighted by molar-refractivity contribution is 5.97. The molecule has 1 fully saturated rings. The van der Waals surface area contributed by atoms with Crippen molar-refractivity contribution in [3.8, 4) is 5.75 Å². The predicted molar refractivity (Wildman–Crippen MR) is 79.8 cm³/mol. The van der Waals surface area contributed by atoms with Gasteiger partial charge in [0.15, 0.2) is 0 Å². The quantitative estimate of drug-likeness (QED) is 0.786. The SMILES string of the molecule is O=C(c1ccccc1OC(F)(F)C(F)F)N1CCCC(O)(CO)CC1. The van der Waals surface area contributed by atoms with E-state index < -0.39 is 36.4 Å². The van der Waals surface area contributed by atoms with E-state index in [-0.39, 0.29) is 31.5 Å². The summed E-state index contributed by atoms with van der Waals surface area (Å²) in [4.78, 5) is 13.9. The highest BCUT2D eigenvalue weighted by atomic mass is 19.3. The summed E-state index contributed by atoms with van der Waals surface area (Å²) in [6, 6.07) is 4.93. The lowest BCUT2D eigenvalue weighted by Crippen LogP contribution is -2.37. The molecule has 0 aliphatic carbocycles. The highest BCUT2D eigenvalue weighted by Gasteiger charge is 2.44. The third kappa shape index (κ3) is 4.60. The molecule has 0 radical (unpaired) electrons. The number of carbonyl (C=O) groups is 1. The summed E-state index contributed by atoms with van der Waals surface area (Å²) in [6.45, 7) is -0.120. The van der Waals surface area contributed by atoms with Gasteiger partial charge in [-0.1, -0.05) is 12.1 Å². The van der Waals surface area contributed by atoms with Crippen molar-refractivity contribution in [2.45, 2.75) is 37.4 Å². The first-order chi connectivity index (χ1) is 11.7. The molecule has 1 aromatic carbocycles. The van der Waals surface area contributed by atoms with E-state index in [1.807, 2.05) is 0 Å². The lowest BCUT2D eigenvalue weighted by molar-refractivity contribution is -0.253. The maximum Gasteiger partial charge on any atom is 0.461 e. The minimum atomic E-state index is -4.72. The predicted octanol–water partition coefficient (Wildman–Crippen LogP) is 2.27. The van der Waals surface area contributed by atoms with Crippen molar-refractivity contribution in [1.29, 1.82) is 0 Å². The summed E-state index contributed by atoms with van der Waals surface area (Å²) < 4.78 is 55.1. The molecule has 1 aliphatic heterocycles. The van der Waals surface area contributed by atoms with E-state index >= 15 is 0 Å². The van der Waals surface area contributed by atoms with E-state index in [0.29, 0.717) is 6.42 Å². The second-order valence-electron chi connectivity index (χ2n) is 5.99.